The third-order valence-electron chi connectivity index (χ3n) is 8.43. The van der Waals surface area contributed by atoms with Gasteiger partial charge in [-0.25, -0.2) is 0 Å². The van der Waals surface area contributed by atoms with Gasteiger partial charge in [-0.1, -0.05) is 151 Å². The highest BCUT2D eigenvalue weighted by molar-refractivity contribution is 6.23. The highest BCUT2D eigenvalue weighted by Gasteiger charge is 2.21. The molecule has 9 aromatic rings. The van der Waals surface area contributed by atoms with E-state index in [2.05, 4.69) is 24.3 Å². The van der Waals surface area contributed by atoms with E-state index in [9.17, 15) is 2.74 Å². The monoisotopic (exact) mass is 581 g/mol. The molecule has 8 aromatic carbocycles. The normalized spacial score (nSPS) is 14.4. The van der Waals surface area contributed by atoms with Gasteiger partial charge in [-0.2, -0.15) is 0 Å². The molecule has 0 N–H and O–H groups in total. The summed E-state index contributed by atoms with van der Waals surface area (Å²) in [5.41, 5.74) is 5.22. The second-order valence-electron chi connectivity index (χ2n) is 10.9. The van der Waals surface area contributed by atoms with E-state index in [1.807, 2.05) is 91.0 Å². The SMILES string of the molecule is [2H]c1c([2H])c([2H])c(-c2c([2H])c([2H])c(-c3c4ccccc4c(-c4cc5c(cc4-c4ccccc4)oc4ccccc45)c4ccccc34)c([2H])c2[2H])c([2H])c1[2H]. The van der Waals surface area contributed by atoms with Crippen LogP contribution >= 0.6 is 0 Å². The van der Waals surface area contributed by atoms with E-state index in [1.165, 1.54) is 0 Å². The van der Waals surface area contributed by atoms with Crippen LogP contribution in [0.25, 0.3) is 88.0 Å². The predicted octanol–water partition coefficient (Wildman–Crippen LogP) is 12.6. The summed E-state index contributed by atoms with van der Waals surface area (Å²) in [5, 5.41) is 5.03. The van der Waals surface area contributed by atoms with Crippen LogP contribution in [0.5, 0.6) is 0 Å². The Morgan fingerprint density at radius 2 is 0.889 bits per heavy atom. The first-order valence-electron chi connectivity index (χ1n) is 19.2. The molecule has 0 fully saturated rings. The molecule has 0 spiro atoms. The molecule has 1 heterocycles. The number of rotatable bonds is 4. The summed E-state index contributed by atoms with van der Waals surface area (Å²) in [4.78, 5) is 0. The van der Waals surface area contributed by atoms with E-state index in [1.54, 1.807) is 0 Å². The van der Waals surface area contributed by atoms with Crippen LogP contribution in [0.4, 0.5) is 0 Å². The third-order valence-corrected chi connectivity index (χ3v) is 8.43. The topological polar surface area (TPSA) is 13.1 Å². The van der Waals surface area contributed by atoms with Crippen molar-refractivity contribution in [2.75, 3.05) is 0 Å². The van der Waals surface area contributed by atoms with E-state index in [0.29, 0.717) is 16.3 Å². The van der Waals surface area contributed by atoms with Gasteiger partial charge in [0.2, 0.25) is 0 Å². The fourth-order valence-corrected chi connectivity index (χ4v) is 6.46. The van der Waals surface area contributed by atoms with E-state index in [0.717, 1.165) is 55.0 Å². The molecule has 0 aliphatic carbocycles. The maximum absolute atomic E-state index is 9.36. The van der Waals surface area contributed by atoms with Crippen LogP contribution in [0.2, 0.25) is 0 Å². The maximum atomic E-state index is 9.36. The lowest BCUT2D eigenvalue weighted by atomic mass is 9.83. The average Bonchev–Trinajstić information content (AvgIpc) is 3.57. The number of fused-ring (bicyclic) bond motifs is 5. The van der Waals surface area contributed by atoms with Gasteiger partial charge in [-0.3, -0.25) is 0 Å². The van der Waals surface area contributed by atoms with Crippen LogP contribution in [0.15, 0.2) is 174 Å². The van der Waals surface area contributed by atoms with Crippen LogP contribution in [0.1, 0.15) is 12.3 Å². The van der Waals surface area contributed by atoms with Crippen LogP contribution in [0, 0.1) is 0 Å². The summed E-state index contributed by atoms with van der Waals surface area (Å²) in [6, 6.07) is 33.0. The third kappa shape index (κ3) is 4.17. The highest BCUT2D eigenvalue weighted by atomic mass is 16.3. The number of benzene rings is 8. The smallest absolute Gasteiger partial charge is 0.136 e. The van der Waals surface area contributed by atoms with E-state index in [4.69, 9.17) is 14.0 Å². The summed E-state index contributed by atoms with van der Waals surface area (Å²) >= 11 is 0. The van der Waals surface area contributed by atoms with Gasteiger partial charge in [-0.15, -0.1) is 0 Å². The predicted molar refractivity (Wildman–Crippen MR) is 190 cm³/mol. The molecule has 9 rings (SSSR count). The molecule has 0 unspecified atom stereocenters. The molecule has 0 aliphatic heterocycles. The molecule has 0 atom stereocenters. The molecule has 0 radical (unpaired) electrons. The van der Waals surface area contributed by atoms with Gasteiger partial charge < -0.3 is 4.42 Å². The summed E-state index contributed by atoms with van der Waals surface area (Å²) < 4.78 is 84.9. The standard InChI is InChI=1S/C44H28O/c1-3-13-29(14-4-1)30-23-25-32(26-24-30)43-34-18-7-9-20-36(34)44(37-21-10-8-19-35(37)43)40-27-39-33-17-11-12-22-41(33)45-42(39)28-38(40)31-15-5-2-6-16-31/h1-28H/i1D,3D,4D,13D,14D,23D,24D,25D,26D. The minimum absolute atomic E-state index is 0.0552. The zero-order valence-electron chi connectivity index (χ0n) is 32.9. The molecule has 1 heteroatoms. The fraction of sp³-hybridized carbons (Fsp3) is 0. The molecule has 0 aliphatic rings. The Labute approximate surface area is 274 Å². The number of hydrogen-bond acceptors (Lipinski definition) is 1. The van der Waals surface area contributed by atoms with Gasteiger partial charge in [0.05, 0.1) is 12.3 Å². The quantitative estimate of drug-likeness (QED) is 0.188. The zero-order valence-corrected chi connectivity index (χ0v) is 23.9. The lowest BCUT2D eigenvalue weighted by Gasteiger charge is -2.20. The Bertz CT molecular complexity index is 2930. The lowest BCUT2D eigenvalue weighted by molar-refractivity contribution is 0.669. The Kier molecular flexibility index (Phi) is 4.15. The van der Waals surface area contributed by atoms with Crippen LogP contribution < -0.4 is 0 Å². The van der Waals surface area contributed by atoms with Crippen molar-refractivity contribution in [3.05, 3.63) is 170 Å². The maximum Gasteiger partial charge on any atom is 0.136 e. The van der Waals surface area contributed by atoms with Crippen molar-refractivity contribution in [2.45, 2.75) is 0 Å². The first kappa shape index (κ1) is 18.0. The average molecular weight is 582 g/mol. The molecule has 0 bridgehead atoms. The minimum Gasteiger partial charge on any atom is -0.456 e. The molecule has 1 aromatic heterocycles. The summed E-state index contributed by atoms with van der Waals surface area (Å²) in [6.45, 7) is 0. The second-order valence-corrected chi connectivity index (χ2v) is 10.9. The minimum atomic E-state index is -0.615. The van der Waals surface area contributed by atoms with Gasteiger partial charge in [0.15, 0.2) is 0 Å². The Morgan fingerprint density at radius 1 is 0.356 bits per heavy atom. The number of furan rings is 1. The van der Waals surface area contributed by atoms with Crippen molar-refractivity contribution in [1.82, 2.24) is 0 Å². The van der Waals surface area contributed by atoms with E-state index in [-0.39, 0.29) is 28.8 Å². The Hall–Kier alpha value is -5.92. The Morgan fingerprint density at radius 3 is 1.56 bits per heavy atom. The van der Waals surface area contributed by atoms with Crippen molar-refractivity contribution in [3.8, 4) is 44.5 Å². The van der Waals surface area contributed by atoms with Gasteiger partial charge in [0.25, 0.3) is 0 Å². The molecular formula is C44H28O. The first-order chi connectivity index (χ1) is 26.1. The molecule has 1 nitrogen and oxygen atoms in total. The zero-order chi connectivity index (χ0) is 37.6. The van der Waals surface area contributed by atoms with Crippen molar-refractivity contribution in [2.24, 2.45) is 0 Å². The summed E-state index contributed by atoms with van der Waals surface area (Å²) in [5.74, 6) is 0. The van der Waals surface area contributed by atoms with Crippen molar-refractivity contribution in [1.29, 1.82) is 0 Å². The number of hydrogen-bond donors (Lipinski definition) is 0. The molecule has 0 amide bonds. The van der Waals surface area contributed by atoms with Gasteiger partial charge >= 0.3 is 0 Å². The lowest BCUT2D eigenvalue weighted by Crippen LogP contribution is -1.93. The highest BCUT2D eigenvalue weighted by Crippen LogP contribution is 2.48. The molecular weight excluding hydrogens is 544 g/mol. The molecule has 0 saturated carbocycles. The molecule has 210 valence electrons. The van der Waals surface area contributed by atoms with Gasteiger partial charge in [-0.05, 0) is 84.3 Å². The van der Waals surface area contributed by atoms with Gasteiger partial charge in [0, 0.05) is 10.8 Å². The first-order valence-corrected chi connectivity index (χ1v) is 14.7. The molecule has 45 heavy (non-hydrogen) atoms. The second kappa shape index (κ2) is 10.4. The van der Waals surface area contributed by atoms with Crippen LogP contribution in [0.3, 0.4) is 0 Å². The Balaban J connectivity index is 1.40. The van der Waals surface area contributed by atoms with Crippen molar-refractivity contribution >= 4 is 43.5 Å². The van der Waals surface area contributed by atoms with E-state index >= 15 is 0 Å². The number of para-hydroxylation sites is 1. The van der Waals surface area contributed by atoms with Crippen molar-refractivity contribution < 1.29 is 16.8 Å². The van der Waals surface area contributed by atoms with Crippen molar-refractivity contribution in [3.63, 3.8) is 0 Å². The van der Waals surface area contributed by atoms with Crippen LogP contribution in [-0.2, 0) is 0 Å². The fourth-order valence-electron chi connectivity index (χ4n) is 6.46. The summed E-state index contributed by atoms with van der Waals surface area (Å²) in [6.07, 6.45) is 0. The largest absolute Gasteiger partial charge is 0.456 e. The van der Waals surface area contributed by atoms with E-state index < -0.39 is 42.3 Å². The van der Waals surface area contributed by atoms with Crippen LogP contribution in [-0.4, -0.2) is 0 Å². The summed E-state index contributed by atoms with van der Waals surface area (Å²) in [7, 11) is 0. The molecule has 0 saturated heterocycles. The van der Waals surface area contributed by atoms with Gasteiger partial charge in [0.1, 0.15) is 11.2 Å².